The van der Waals surface area contributed by atoms with Gasteiger partial charge in [-0.25, -0.2) is 0 Å². The molecule has 0 fully saturated rings. The Morgan fingerprint density at radius 1 is 1.00 bits per heavy atom. The first-order valence-corrected chi connectivity index (χ1v) is 6.40. The largest absolute Gasteiger partial charge is 0.502 e. The molecule has 0 aliphatic rings. The fourth-order valence-electron chi connectivity index (χ4n) is 2.21. The number of hydrogen-bond acceptors (Lipinski definition) is 3. The van der Waals surface area contributed by atoms with Gasteiger partial charge in [0.05, 0.1) is 5.39 Å². The summed E-state index contributed by atoms with van der Waals surface area (Å²) in [5, 5.41) is 10.5. The average Bonchev–Trinajstić information content (AvgIpc) is 2.46. The molecule has 0 saturated heterocycles. The molecule has 1 aromatic heterocycles. The van der Waals surface area contributed by atoms with Gasteiger partial charge in [-0.1, -0.05) is 24.3 Å². The van der Waals surface area contributed by atoms with Crippen LogP contribution in [0.4, 0.5) is 0 Å². The molecule has 0 spiro atoms. The maximum Gasteiger partial charge on any atom is 0.235 e. The molecular formula is C17H14O3. The van der Waals surface area contributed by atoms with Gasteiger partial charge in [0.1, 0.15) is 5.58 Å². The second-order valence-corrected chi connectivity index (χ2v) is 4.90. The highest BCUT2D eigenvalue weighted by atomic mass is 16.4. The van der Waals surface area contributed by atoms with Gasteiger partial charge in [0, 0.05) is 5.56 Å². The van der Waals surface area contributed by atoms with Gasteiger partial charge >= 0.3 is 0 Å². The monoisotopic (exact) mass is 266 g/mol. The second kappa shape index (κ2) is 4.53. The molecule has 20 heavy (non-hydrogen) atoms. The molecule has 0 atom stereocenters. The van der Waals surface area contributed by atoms with E-state index in [0.29, 0.717) is 16.5 Å². The zero-order valence-electron chi connectivity index (χ0n) is 11.3. The summed E-state index contributed by atoms with van der Waals surface area (Å²) >= 11 is 0. The highest BCUT2D eigenvalue weighted by Gasteiger charge is 2.15. The van der Waals surface area contributed by atoms with Crippen molar-refractivity contribution in [3.05, 3.63) is 63.8 Å². The molecule has 3 aromatic rings. The van der Waals surface area contributed by atoms with Crippen LogP contribution in [0, 0.1) is 13.8 Å². The van der Waals surface area contributed by atoms with E-state index >= 15 is 0 Å². The lowest BCUT2D eigenvalue weighted by atomic mass is 10.0. The number of fused-ring (bicyclic) bond motifs is 1. The van der Waals surface area contributed by atoms with Crippen LogP contribution in [0.15, 0.2) is 51.7 Å². The highest BCUT2D eigenvalue weighted by molar-refractivity contribution is 5.81. The van der Waals surface area contributed by atoms with Crippen molar-refractivity contribution in [2.75, 3.05) is 0 Å². The summed E-state index contributed by atoms with van der Waals surface area (Å²) in [4.78, 5) is 12.2. The average molecular weight is 266 g/mol. The summed E-state index contributed by atoms with van der Waals surface area (Å²) in [7, 11) is 0. The minimum atomic E-state index is -0.403. The van der Waals surface area contributed by atoms with Crippen LogP contribution in [0.5, 0.6) is 5.75 Å². The van der Waals surface area contributed by atoms with E-state index in [0.717, 1.165) is 11.1 Å². The SMILES string of the molecule is Cc1ccc(-c2oc3ccccc3c(=O)c2O)cc1C. The van der Waals surface area contributed by atoms with Gasteiger partial charge in [-0.15, -0.1) is 0 Å². The fraction of sp³-hybridized carbons (Fsp3) is 0.118. The molecule has 1 heterocycles. The standard InChI is InChI=1S/C17H14O3/c1-10-7-8-12(9-11(10)2)17-16(19)15(18)13-5-3-4-6-14(13)20-17/h3-9,19H,1-2H3. The predicted molar refractivity (Wildman–Crippen MR) is 79.1 cm³/mol. The quantitative estimate of drug-likeness (QED) is 0.729. The van der Waals surface area contributed by atoms with Crippen LogP contribution in [-0.4, -0.2) is 5.11 Å². The van der Waals surface area contributed by atoms with Crippen molar-refractivity contribution in [3.8, 4) is 17.1 Å². The lowest BCUT2D eigenvalue weighted by Crippen LogP contribution is -2.02. The van der Waals surface area contributed by atoms with E-state index in [2.05, 4.69) is 0 Å². The summed E-state index contributed by atoms with van der Waals surface area (Å²) in [5.41, 5.74) is 3.01. The molecule has 3 rings (SSSR count). The van der Waals surface area contributed by atoms with Gasteiger partial charge < -0.3 is 9.52 Å². The predicted octanol–water partition coefficient (Wildman–Crippen LogP) is 3.78. The molecular weight excluding hydrogens is 252 g/mol. The Bertz CT molecular complexity index is 860. The van der Waals surface area contributed by atoms with Crippen LogP contribution in [-0.2, 0) is 0 Å². The first-order chi connectivity index (χ1) is 9.58. The number of benzene rings is 2. The van der Waals surface area contributed by atoms with Crippen LogP contribution in [0.2, 0.25) is 0 Å². The van der Waals surface area contributed by atoms with E-state index in [4.69, 9.17) is 4.42 Å². The van der Waals surface area contributed by atoms with E-state index in [-0.39, 0.29) is 11.5 Å². The molecule has 3 heteroatoms. The van der Waals surface area contributed by atoms with Crippen LogP contribution >= 0.6 is 0 Å². The van der Waals surface area contributed by atoms with Gasteiger partial charge in [-0.2, -0.15) is 0 Å². The van der Waals surface area contributed by atoms with E-state index in [1.165, 1.54) is 0 Å². The van der Waals surface area contributed by atoms with Crippen molar-refractivity contribution in [3.63, 3.8) is 0 Å². The smallest absolute Gasteiger partial charge is 0.235 e. The Kier molecular flexibility index (Phi) is 2.83. The van der Waals surface area contributed by atoms with Crippen LogP contribution in [0.25, 0.3) is 22.3 Å². The number of para-hydroxylation sites is 1. The lowest BCUT2D eigenvalue weighted by Gasteiger charge is -2.07. The van der Waals surface area contributed by atoms with Crippen molar-refractivity contribution >= 4 is 11.0 Å². The summed E-state index contributed by atoms with van der Waals surface area (Å²) in [6.45, 7) is 3.99. The summed E-state index contributed by atoms with van der Waals surface area (Å²) in [6, 6.07) is 12.6. The third kappa shape index (κ3) is 1.88. The molecule has 0 amide bonds. The Morgan fingerprint density at radius 2 is 1.75 bits per heavy atom. The molecule has 1 N–H and O–H groups in total. The topological polar surface area (TPSA) is 50.4 Å². The zero-order chi connectivity index (χ0) is 14.3. The first kappa shape index (κ1) is 12.5. The number of aromatic hydroxyl groups is 1. The van der Waals surface area contributed by atoms with Gasteiger partial charge in [-0.05, 0) is 43.2 Å². The molecule has 0 aliphatic heterocycles. The van der Waals surface area contributed by atoms with Crippen molar-refractivity contribution in [1.82, 2.24) is 0 Å². The Balaban J connectivity index is 2.33. The molecule has 0 radical (unpaired) electrons. The Morgan fingerprint density at radius 3 is 2.50 bits per heavy atom. The number of aryl methyl sites for hydroxylation is 2. The lowest BCUT2D eigenvalue weighted by molar-refractivity contribution is 0.449. The Labute approximate surface area is 116 Å². The van der Waals surface area contributed by atoms with Crippen LogP contribution in [0.1, 0.15) is 11.1 Å². The summed E-state index contributed by atoms with van der Waals surface area (Å²) in [6.07, 6.45) is 0. The van der Waals surface area contributed by atoms with Gasteiger partial charge in [0.15, 0.2) is 5.76 Å². The molecule has 0 saturated carbocycles. The van der Waals surface area contributed by atoms with Gasteiger partial charge in [-0.3, -0.25) is 4.79 Å². The van der Waals surface area contributed by atoms with Crippen LogP contribution in [0.3, 0.4) is 0 Å². The minimum Gasteiger partial charge on any atom is -0.502 e. The highest BCUT2D eigenvalue weighted by Crippen LogP contribution is 2.30. The molecule has 0 bridgehead atoms. The maximum absolute atomic E-state index is 12.2. The number of hydrogen-bond donors (Lipinski definition) is 1. The first-order valence-electron chi connectivity index (χ1n) is 6.40. The third-order valence-electron chi connectivity index (χ3n) is 3.54. The van der Waals surface area contributed by atoms with Crippen LogP contribution < -0.4 is 5.43 Å². The van der Waals surface area contributed by atoms with E-state index in [1.807, 2.05) is 32.0 Å². The summed E-state index contributed by atoms with van der Waals surface area (Å²) < 4.78 is 5.70. The minimum absolute atomic E-state index is 0.219. The Hall–Kier alpha value is -2.55. The van der Waals surface area contributed by atoms with Crippen molar-refractivity contribution in [2.24, 2.45) is 0 Å². The number of rotatable bonds is 1. The molecule has 2 aromatic carbocycles. The fourth-order valence-corrected chi connectivity index (χ4v) is 2.21. The molecule has 3 nitrogen and oxygen atoms in total. The molecule has 100 valence electrons. The van der Waals surface area contributed by atoms with Crippen molar-refractivity contribution in [1.29, 1.82) is 0 Å². The van der Waals surface area contributed by atoms with E-state index < -0.39 is 5.43 Å². The normalized spacial score (nSPS) is 10.9. The van der Waals surface area contributed by atoms with Crippen molar-refractivity contribution < 1.29 is 9.52 Å². The maximum atomic E-state index is 12.2. The summed E-state index contributed by atoms with van der Waals surface area (Å²) in [5.74, 6) is -0.122. The van der Waals surface area contributed by atoms with Crippen molar-refractivity contribution in [2.45, 2.75) is 13.8 Å². The van der Waals surface area contributed by atoms with Gasteiger partial charge in [0.2, 0.25) is 11.2 Å². The van der Waals surface area contributed by atoms with Gasteiger partial charge in [0.25, 0.3) is 0 Å². The molecule has 0 unspecified atom stereocenters. The molecule has 0 aliphatic carbocycles. The second-order valence-electron chi connectivity index (χ2n) is 4.90. The van der Waals surface area contributed by atoms with E-state index in [1.54, 1.807) is 24.3 Å². The zero-order valence-corrected chi connectivity index (χ0v) is 11.3. The van der Waals surface area contributed by atoms with E-state index in [9.17, 15) is 9.90 Å². The third-order valence-corrected chi connectivity index (χ3v) is 3.54.